The van der Waals surface area contributed by atoms with Crippen LogP contribution in [0.5, 0.6) is 0 Å². The van der Waals surface area contributed by atoms with E-state index in [1.807, 2.05) is 24.3 Å². The average molecular weight is 233 g/mol. The van der Waals surface area contributed by atoms with Gasteiger partial charge in [-0.25, -0.2) is 0 Å². The first-order valence-electron chi connectivity index (χ1n) is 3.45. The van der Waals surface area contributed by atoms with Crippen LogP contribution in [-0.4, -0.2) is 8.41 Å². The largest absolute Gasteiger partial charge is 0.308 e. The predicted molar refractivity (Wildman–Crippen MR) is 52.4 cm³/mol. The van der Waals surface area contributed by atoms with Crippen LogP contribution in [-0.2, 0) is 0 Å². The maximum absolute atomic E-state index is 13.4. The molecule has 11 heavy (non-hydrogen) atoms. The minimum Gasteiger partial charge on any atom is -0.308 e. The Labute approximate surface area is 75.7 Å². The maximum Gasteiger partial charge on any atom is 0.271 e. The van der Waals surface area contributed by atoms with Crippen LogP contribution >= 0.6 is 15.9 Å². The van der Waals surface area contributed by atoms with Crippen molar-refractivity contribution in [1.82, 2.24) is 0 Å². The van der Waals surface area contributed by atoms with Gasteiger partial charge in [-0.15, -0.1) is 0 Å². The lowest BCUT2D eigenvalue weighted by atomic mass is 10.4. The zero-order valence-electron chi connectivity index (χ0n) is 6.57. The third-order valence-electron chi connectivity index (χ3n) is 1.51. The number of hydrogen-bond donors (Lipinski definition) is 0. The summed E-state index contributed by atoms with van der Waals surface area (Å²) in [6, 6.07) is 7.47. The fourth-order valence-electron chi connectivity index (χ4n) is 0.858. The van der Waals surface area contributed by atoms with Crippen molar-refractivity contribution < 1.29 is 4.11 Å². The third kappa shape index (κ3) is 2.41. The van der Waals surface area contributed by atoms with Crippen molar-refractivity contribution in [1.29, 1.82) is 0 Å². The van der Waals surface area contributed by atoms with E-state index >= 15 is 0 Å². The molecular formula is C8H10BrFSi. The molecule has 0 nitrogen and oxygen atoms in total. The molecule has 0 amide bonds. The lowest BCUT2D eigenvalue weighted by Gasteiger charge is -2.10. The van der Waals surface area contributed by atoms with Crippen LogP contribution in [0.3, 0.4) is 0 Å². The smallest absolute Gasteiger partial charge is 0.271 e. The normalized spacial score (nSPS) is 11.6. The highest BCUT2D eigenvalue weighted by molar-refractivity contribution is 9.10. The van der Waals surface area contributed by atoms with Gasteiger partial charge in [-0.2, -0.15) is 0 Å². The summed E-state index contributed by atoms with van der Waals surface area (Å²) in [6.07, 6.45) is 0. The Balaban J connectivity index is 3.06. The summed E-state index contributed by atoms with van der Waals surface area (Å²) in [5.74, 6) is 0. The molecule has 0 saturated carbocycles. The quantitative estimate of drug-likeness (QED) is 0.517. The Bertz CT molecular complexity index is 255. The molecule has 0 N–H and O–H groups in total. The molecule has 0 radical (unpaired) electrons. The van der Waals surface area contributed by atoms with Gasteiger partial charge < -0.3 is 4.11 Å². The van der Waals surface area contributed by atoms with Crippen molar-refractivity contribution in [3.63, 3.8) is 0 Å². The topological polar surface area (TPSA) is 0 Å². The molecule has 0 fully saturated rings. The monoisotopic (exact) mass is 232 g/mol. The average Bonchev–Trinajstić information content (AvgIpc) is 1.86. The maximum atomic E-state index is 13.4. The van der Waals surface area contributed by atoms with Gasteiger partial charge in [0.15, 0.2) is 0 Å². The molecule has 0 heterocycles. The van der Waals surface area contributed by atoms with Crippen LogP contribution in [0.2, 0.25) is 13.1 Å². The summed E-state index contributed by atoms with van der Waals surface area (Å²) < 4.78 is 14.4. The van der Waals surface area contributed by atoms with Crippen LogP contribution < -0.4 is 5.19 Å². The fraction of sp³-hybridized carbons (Fsp3) is 0.250. The van der Waals surface area contributed by atoms with Gasteiger partial charge in [0.25, 0.3) is 8.41 Å². The Morgan fingerprint density at radius 2 is 2.00 bits per heavy atom. The number of halogens is 2. The lowest BCUT2D eigenvalue weighted by Crippen LogP contribution is -2.36. The highest BCUT2D eigenvalue weighted by atomic mass is 79.9. The summed E-state index contributed by atoms with van der Waals surface area (Å²) >= 11 is 3.31. The van der Waals surface area contributed by atoms with Crippen molar-refractivity contribution in [2.75, 3.05) is 0 Å². The molecule has 0 aliphatic carbocycles. The van der Waals surface area contributed by atoms with E-state index < -0.39 is 8.41 Å². The number of benzene rings is 1. The van der Waals surface area contributed by atoms with Gasteiger partial charge in [-0.3, -0.25) is 0 Å². The van der Waals surface area contributed by atoms with Gasteiger partial charge in [0.1, 0.15) is 0 Å². The Kier molecular flexibility index (Phi) is 2.49. The second kappa shape index (κ2) is 3.07. The van der Waals surface area contributed by atoms with Crippen molar-refractivity contribution in [3.05, 3.63) is 28.7 Å². The Morgan fingerprint density at radius 3 is 2.36 bits per heavy atom. The van der Waals surface area contributed by atoms with E-state index in [0.717, 1.165) is 9.66 Å². The van der Waals surface area contributed by atoms with Crippen LogP contribution in [0.1, 0.15) is 0 Å². The molecule has 60 valence electrons. The van der Waals surface area contributed by atoms with E-state index in [2.05, 4.69) is 15.9 Å². The van der Waals surface area contributed by atoms with E-state index in [1.54, 1.807) is 13.1 Å². The summed E-state index contributed by atoms with van der Waals surface area (Å²) in [4.78, 5) is 0. The Hall–Kier alpha value is -0.153. The minimum atomic E-state index is -2.59. The molecule has 3 heteroatoms. The number of rotatable bonds is 1. The van der Waals surface area contributed by atoms with Crippen LogP contribution in [0.25, 0.3) is 0 Å². The molecule has 0 unspecified atom stereocenters. The van der Waals surface area contributed by atoms with E-state index in [-0.39, 0.29) is 0 Å². The second-order valence-corrected chi connectivity index (χ2v) is 7.42. The Morgan fingerprint density at radius 1 is 1.36 bits per heavy atom. The van der Waals surface area contributed by atoms with E-state index in [4.69, 9.17) is 0 Å². The SMILES string of the molecule is C[Si](C)(F)c1cccc(Br)c1. The summed E-state index contributed by atoms with van der Waals surface area (Å²) in [5, 5.41) is 0.840. The van der Waals surface area contributed by atoms with Gasteiger partial charge in [0.2, 0.25) is 0 Å². The van der Waals surface area contributed by atoms with Crippen LogP contribution in [0.4, 0.5) is 4.11 Å². The van der Waals surface area contributed by atoms with Crippen LogP contribution in [0, 0.1) is 0 Å². The van der Waals surface area contributed by atoms with E-state index in [0.29, 0.717) is 0 Å². The second-order valence-electron chi connectivity index (χ2n) is 2.98. The standard InChI is InChI=1S/C8H10BrFSi/c1-11(2,10)8-5-3-4-7(9)6-8/h3-6H,1-2H3. The van der Waals surface area contributed by atoms with Gasteiger partial charge in [-0.1, -0.05) is 28.1 Å². The van der Waals surface area contributed by atoms with Crippen LogP contribution in [0.15, 0.2) is 28.7 Å². The zero-order chi connectivity index (χ0) is 8.48. The first kappa shape index (κ1) is 8.94. The lowest BCUT2D eigenvalue weighted by molar-refractivity contribution is 0.821. The van der Waals surface area contributed by atoms with Crippen molar-refractivity contribution >= 4 is 29.5 Å². The first-order valence-corrected chi connectivity index (χ1v) is 7.12. The third-order valence-corrected chi connectivity index (χ3v) is 3.69. The van der Waals surface area contributed by atoms with E-state index in [1.165, 1.54) is 0 Å². The van der Waals surface area contributed by atoms with Gasteiger partial charge in [-0.05, 0) is 30.4 Å². The molecule has 0 aromatic heterocycles. The van der Waals surface area contributed by atoms with Crippen molar-refractivity contribution in [2.45, 2.75) is 13.1 Å². The summed E-state index contributed by atoms with van der Waals surface area (Å²) in [5.41, 5.74) is 0. The molecule has 0 atom stereocenters. The molecule has 1 aromatic rings. The fourth-order valence-corrected chi connectivity index (χ4v) is 2.46. The van der Waals surface area contributed by atoms with Crippen molar-refractivity contribution in [2.24, 2.45) is 0 Å². The first-order chi connectivity index (χ1) is 5.00. The molecule has 0 bridgehead atoms. The summed E-state index contributed by atoms with van der Waals surface area (Å²) in [6.45, 7) is 3.38. The minimum absolute atomic E-state index is 0.840. The van der Waals surface area contributed by atoms with Gasteiger partial charge in [0.05, 0.1) is 0 Å². The van der Waals surface area contributed by atoms with Crippen molar-refractivity contribution in [3.8, 4) is 0 Å². The molecule has 0 saturated heterocycles. The molecule has 0 spiro atoms. The van der Waals surface area contributed by atoms with Gasteiger partial charge in [0, 0.05) is 4.47 Å². The highest BCUT2D eigenvalue weighted by Crippen LogP contribution is 2.10. The number of hydrogen-bond acceptors (Lipinski definition) is 0. The molecule has 1 rings (SSSR count). The highest BCUT2D eigenvalue weighted by Gasteiger charge is 2.22. The van der Waals surface area contributed by atoms with E-state index in [9.17, 15) is 4.11 Å². The van der Waals surface area contributed by atoms with Gasteiger partial charge >= 0.3 is 0 Å². The molecular weight excluding hydrogens is 223 g/mol. The molecule has 0 aliphatic rings. The zero-order valence-corrected chi connectivity index (χ0v) is 9.15. The predicted octanol–water partition coefficient (Wildman–Crippen LogP) is 2.83. The molecule has 0 aliphatic heterocycles. The summed E-state index contributed by atoms with van der Waals surface area (Å²) in [7, 11) is -2.59. The molecule has 1 aromatic carbocycles.